The maximum atomic E-state index is 12.8. The number of likely N-dealkylation sites (tertiary alicyclic amines) is 1. The molecule has 21 heavy (non-hydrogen) atoms. The van der Waals surface area contributed by atoms with Gasteiger partial charge in [0.2, 0.25) is 11.8 Å². The van der Waals surface area contributed by atoms with Gasteiger partial charge in [0.25, 0.3) is 0 Å². The van der Waals surface area contributed by atoms with Gasteiger partial charge in [0.1, 0.15) is 0 Å². The van der Waals surface area contributed by atoms with Crippen molar-refractivity contribution in [1.82, 2.24) is 4.90 Å². The van der Waals surface area contributed by atoms with Gasteiger partial charge >= 0.3 is 5.97 Å². The lowest BCUT2D eigenvalue weighted by atomic mass is 9.73. The van der Waals surface area contributed by atoms with Crippen LogP contribution in [-0.2, 0) is 14.4 Å². The molecular weight excluding hydrogens is 270 g/mol. The van der Waals surface area contributed by atoms with Crippen LogP contribution in [0.5, 0.6) is 0 Å². The third-order valence-electron chi connectivity index (χ3n) is 5.60. The van der Waals surface area contributed by atoms with Crippen LogP contribution in [0.2, 0.25) is 0 Å². The average Bonchev–Trinajstić information content (AvgIpc) is 2.71. The molecule has 3 rings (SSSR count). The van der Waals surface area contributed by atoms with Gasteiger partial charge < -0.3 is 5.11 Å². The molecule has 2 amide bonds. The van der Waals surface area contributed by atoms with Crippen molar-refractivity contribution in [2.24, 2.45) is 11.3 Å². The Morgan fingerprint density at radius 1 is 1.10 bits per heavy atom. The summed E-state index contributed by atoms with van der Waals surface area (Å²) in [5, 5.41) is 9.18. The van der Waals surface area contributed by atoms with Gasteiger partial charge in [-0.2, -0.15) is 0 Å². The van der Waals surface area contributed by atoms with E-state index in [1.807, 2.05) is 0 Å². The molecule has 0 aromatic carbocycles. The van der Waals surface area contributed by atoms with Crippen LogP contribution in [0, 0.1) is 11.3 Å². The molecule has 0 aromatic heterocycles. The third-order valence-corrected chi connectivity index (χ3v) is 5.60. The van der Waals surface area contributed by atoms with E-state index in [1.54, 1.807) is 0 Å². The number of carboxylic acid groups (broad SMARTS) is 1. The number of carbonyl (C=O) groups excluding carboxylic acids is 2. The molecule has 0 bridgehead atoms. The van der Waals surface area contributed by atoms with Crippen molar-refractivity contribution in [3.8, 4) is 0 Å². The minimum atomic E-state index is -0.800. The maximum Gasteiger partial charge on any atom is 0.306 e. The zero-order valence-electron chi connectivity index (χ0n) is 12.3. The van der Waals surface area contributed by atoms with E-state index in [0.29, 0.717) is 19.3 Å². The van der Waals surface area contributed by atoms with Crippen LogP contribution in [0.15, 0.2) is 0 Å². The van der Waals surface area contributed by atoms with Gasteiger partial charge in [0.15, 0.2) is 0 Å². The highest BCUT2D eigenvalue weighted by molar-refractivity contribution is 6.06. The van der Waals surface area contributed by atoms with Crippen molar-refractivity contribution in [3.63, 3.8) is 0 Å². The number of hydrogen-bond acceptors (Lipinski definition) is 3. The smallest absolute Gasteiger partial charge is 0.306 e. The van der Waals surface area contributed by atoms with Crippen LogP contribution in [-0.4, -0.2) is 33.8 Å². The zero-order chi connectivity index (χ0) is 15.0. The summed E-state index contributed by atoms with van der Waals surface area (Å²) in [5.41, 5.74) is -0.453. The van der Waals surface area contributed by atoms with Crippen molar-refractivity contribution >= 4 is 17.8 Å². The summed E-state index contributed by atoms with van der Waals surface area (Å²) in [6.45, 7) is 0. The van der Waals surface area contributed by atoms with Crippen LogP contribution >= 0.6 is 0 Å². The van der Waals surface area contributed by atoms with E-state index >= 15 is 0 Å². The van der Waals surface area contributed by atoms with E-state index in [1.165, 1.54) is 4.90 Å². The van der Waals surface area contributed by atoms with E-state index in [0.717, 1.165) is 44.9 Å². The van der Waals surface area contributed by atoms with Crippen LogP contribution in [0.25, 0.3) is 0 Å². The van der Waals surface area contributed by atoms with Gasteiger partial charge in [-0.1, -0.05) is 25.7 Å². The first-order chi connectivity index (χ1) is 10.0. The monoisotopic (exact) mass is 293 g/mol. The molecule has 1 N–H and O–H groups in total. The van der Waals surface area contributed by atoms with E-state index in [9.17, 15) is 19.5 Å². The Hall–Kier alpha value is -1.39. The second-order valence-electron chi connectivity index (χ2n) is 6.94. The van der Waals surface area contributed by atoms with Crippen molar-refractivity contribution in [2.75, 3.05) is 0 Å². The van der Waals surface area contributed by atoms with Gasteiger partial charge in [0.05, 0.1) is 11.3 Å². The molecule has 5 nitrogen and oxygen atoms in total. The molecule has 3 fully saturated rings. The molecule has 1 spiro atoms. The summed E-state index contributed by atoms with van der Waals surface area (Å²) in [5.74, 6) is -1.29. The molecule has 2 aliphatic carbocycles. The van der Waals surface area contributed by atoms with E-state index in [4.69, 9.17) is 0 Å². The summed E-state index contributed by atoms with van der Waals surface area (Å²) in [7, 11) is 0. The Morgan fingerprint density at radius 3 is 2.48 bits per heavy atom. The van der Waals surface area contributed by atoms with Gasteiger partial charge in [-0.3, -0.25) is 19.3 Å². The summed E-state index contributed by atoms with van der Waals surface area (Å²) < 4.78 is 0. The molecule has 1 aliphatic heterocycles. The zero-order valence-corrected chi connectivity index (χ0v) is 12.3. The van der Waals surface area contributed by atoms with E-state index in [-0.39, 0.29) is 17.9 Å². The molecule has 2 saturated carbocycles. The third kappa shape index (κ3) is 2.47. The minimum Gasteiger partial charge on any atom is -0.481 e. The highest BCUT2D eigenvalue weighted by Gasteiger charge is 2.53. The fourth-order valence-electron chi connectivity index (χ4n) is 4.43. The van der Waals surface area contributed by atoms with Crippen LogP contribution in [0.1, 0.15) is 64.2 Å². The Bertz CT molecular complexity index is 467. The lowest BCUT2D eigenvalue weighted by Crippen LogP contribution is -2.46. The first-order valence-corrected chi connectivity index (χ1v) is 8.13. The number of nitrogens with zero attached hydrogens (tertiary/aromatic N) is 1. The molecule has 5 heteroatoms. The fraction of sp³-hybridized carbons (Fsp3) is 0.812. The largest absolute Gasteiger partial charge is 0.481 e. The fourth-order valence-corrected chi connectivity index (χ4v) is 4.43. The first kappa shape index (κ1) is 14.5. The number of aliphatic carboxylic acids is 1. The summed E-state index contributed by atoms with van der Waals surface area (Å²) >= 11 is 0. The van der Waals surface area contributed by atoms with Crippen LogP contribution in [0.4, 0.5) is 0 Å². The Labute approximate surface area is 124 Å². The molecule has 2 unspecified atom stereocenters. The van der Waals surface area contributed by atoms with E-state index in [2.05, 4.69) is 0 Å². The number of carbonyl (C=O) groups is 3. The average molecular weight is 293 g/mol. The molecule has 1 saturated heterocycles. The predicted octanol–water partition coefficient (Wildman–Crippen LogP) is 2.34. The molecule has 116 valence electrons. The SMILES string of the molecule is O=C(O)C1CCCC(N2C(=O)CC3(CCCCC3)C2=O)C1. The van der Waals surface area contributed by atoms with Gasteiger partial charge in [-0.15, -0.1) is 0 Å². The second kappa shape index (κ2) is 5.43. The Kier molecular flexibility index (Phi) is 3.76. The lowest BCUT2D eigenvalue weighted by Gasteiger charge is -2.35. The summed E-state index contributed by atoms with van der Waals surface area (Å²) in [4.78, 5) is 37.8. The molecule has 3 aliphatic rings. The van der Waals surface area contributed by atoms with Crippen molar-refractivity contribution in [2.45, 2.75) is 70.3 Å². The quantitative estimate of drug-likeness (QED) is 0.793. The topological polar surface area (TPSA) is 74.7 Å². The predicted molar refractivity (Wildman–Crippen MR) is 75.4 cm³/mol. The van der Waals surface area contributed by atoms with Crippen molar-refractivity contribution in [1.29, 1.82) is 0 Å². The van der Waals surface area contributed by atoms with Gasteiger partial charge in [-0.05, 0) is 32.1 Å². The highest BCUT2D eigenvalue weighted by Crippen LogP contribution is 2.47. The van der Waals surface area contributed by atoms with Gasteiger partial charge in [0, 0.05) is 12.5 Å². The normalized spacial score (nSPS) is 32.7. The molecular formula is C16H23NO4. The molecule has 0 aromatic rings. The highest BCUT2D eigenvalue weighted by atomic mass is 16.4. The number of imide groups is 1. The molecule has 0 radical (unpaired) electrons. The van der Waals surface area contributed by atoms with Crippen molar-refractivity contribution in [3.05, 3.63) is 0 Å². The number of hydrogen-bond donors (Lipinski definition) is 1. The first-order valence-electron chi connectivity index (χ1n) is 8.13. The summed E-state index contributed by atoms with van der Waals surface area (Å²) in [6, 6.07) is -0.193. The van der Waals surface area contributed by atoms with Gasteiger partial charge in [-0.25, -0.2) is 0 Å². The maximum absolute atomic E-state index is 12.8. The van der Waals surface area contributed by atoms with Crippen LogP contribution < -0.4 is 0 Å². The lowest BCUT2D eigenvalue weighted by molar-refractivity contribution is -0.150. The van der Waals surface area contributed by atoms with E-state index < -0.39 is 17.3 Å². The number of carboxylic acids is 1. The molecule has 1 heterocycles. The second-order valence-corrected chi connectivity index (χ2v) is 6.94. The van der Waals surface area contributed by atoms with Crippen molar-refractivity contribution < 1.29 is 19.5 Å². The number of amides is 2. The standard InChI is InChI=1S/C16H23NO4/c18-13-10-16(7-2-1-3-8-16)15(21)17(13)12-6-4-5-11(9-12)14(19)20/h11-12H,1-10H2,(H,19,20). The number of rotatable bonds is 2. The van der Waals surface area contributed by atoms with Crippen LogP contribution in [0.3, 0.4) is 0 Å². The Balaban J connectivity index is 1.77. The Morgan fingerprint density at radius 2 is 1.81 bits per heavy atom. The molecule has 2 atom stereocenters. The minimum absolute atomic E-state index is 0.0109. The summed E-state index contributed by atoms with van der Waals surface area (Å²) in [6.07, 6.45) is 7.82.